The molecule has 1 aliphatic rings. The second-order valence-electron chi connectivity index (χ2n) is 11.8. The molecule has 2 N–H and O–H groups in total. The highest BCUT2D eigenvalue weighted by Crippen LogP contribution is 2.39. The quantitative estimate of drug-likeness (QED) is 0.0940. The molecule has 4 aromatic carbocycles. The molecule has 10 heteroatoms. The van der Waals surface area contributed by atoms with Gasteiger partial charge < -0.3 is 25.1 Å². The lowest BCUT2D eigenvalue weighted by Gasteiger charge is -2.36. The van der Waals surface area contributed by atoms with Gasteiger partial charge in [0.05, 0.1) is 36.0 Å². The Morgan fingerprint density at radius 2 is 1.63 bits per heavy atom. The minimum atomic E-state index is -0.606. The minimum absolute atomic E-state index is 0.0204. The number of nitrogens with one attached hydrogen (secondary N) is 1. The van der Waals surface area contributed by atoms with E-state index in [1.165, 1.54) is 24.2 Å². The molecule has 6 aromatic rings. The number of amides is 1. The molecular weight excluding hydrogens is 637 g/mol. The van der Waals surface area contributed by atoms with E-state index in [1.807, 2.05) is 97.1 Å². The van der Waals surface area contributed by atoms with E-state index < -0.39 is 6.29 Å². The van der Waals surface area contributed by atoms with Crippen LogP contribution in [0.2, 0.25) is 0 Å². The van der Waals surface area contributed by atoms with Crippen molar-refractivity contribution < 1.29 is 24.1 Å². The Morgan fingerprint density at radius 1 is 0.857 bits per heavy atom. The number of aliphatic hydroxyl groups is 1. The van der Waals surface area contributed by atoms with Gasteiger partial charge in [0.15, 0.2) is 12.5 Å². The van der Waals surface area contributed by atoms with Crippen molar-refractivity contribution in [3.05, 3.63) is 161 Å². The number of carbonyl (C=O) groups is 1. The van der Waals surface area contributed by atoms with E-state index in [2.05, 4.69) is 21.4 Å². The summed E-state index contributed by atoms with van der Waals surface area (Å²) in [6.45, 7) is 0.325. The van der Waals surface area contributed by atoms with Crippen molar-refractivity contribution in [1.82, 2.24) is 15.3 Å². The van der Waals surface area contributed by atoms with Crippen LogP contribution < -0.4 is 10.0 Å². The third-order valence-corrected chi connectivity index (χ3v) is 9.55. The zero-order valence-electron chi connectivity index (χ0n) is 26.5. The zero-order chi connectivity index (χ0) is 33.6. The van der Waals surface area contributed by atoms with Gasteiger partial charge in [-0.2, -0.15) is 4.73 Å². The predicted molar refractivity (Wildman–Crippen MR) is 187 cm³/mol. The highest BCUT2D eigenvalue weighted by Gasteiger charge is 2.32. The molecule has 3 unspecified atom stereocenters. The number of carbonyl (C=O) groups excluding carboxylic acids is 1. The number of benzene rings is 4. The van der Waals surface area contributed by atoms with E-state index >= 15 is 0 Å². The van der Waals surface area contributed by atoms with Crippen LogP contribution in [0.3, 0.4) is 0 Å². The number of thioether (sulfide) groups is 1. The smallest absolute Gasteiger partial charge is 0.271 e. The summed E-state index contributed by atoms with van der Waals surface area (Å²) in [5.41, 5.74) is 7.40. The third-order valence-electron chi connectivity index (χ3n) is 8.40. The Hall–Kier alpha value is -5.13. The van der Waals surface area contributed by atoms with Crippen molar-refractivity contribution in [3.63, 3.8) is 0 Å². The van der Waals surface area contributed by atoms with Crippen molar-refractivity contribution in [3.8, 4) is 11.1 Å². The van der Waals surface area contributed by atoms with Crippen LogP contribution >= 0.6 is 11.8 Å². The molecule has 1 aliphatic heterocycles. The van der Waals surface area contributed by atoms with Crippen LogP contribution in [-0.4, -0.2) is 32.8 Å². The Morgan fingerprint density at radius 3 is 2.43 bits per heavy atom. The van der Waals surface area contributed by atoms with Crippen molar-refractivity contribution in [1.29, 1.82) is 0 Å². The lowest BCUT2D eigenvalue weighted by atomic mass is 9.99. The number of rotatable bonds is 10. The molecule has 0 saturated carbocycles. The van der Waals surface area contributed by atoms with Gasteiger partial charge in [-0.05, 0) is 52.1 Å². The Labute approximate surface area is 288 Å². The summed E-state index contributed by atoms with van der Waals surface area (Å²) in [6, 6.07) is 36.8. The fourth-order valence-electron chi connectivity index (χ4n) is 5.76. The monoisotopic (exact) mass is 670 g/mol. The van der Waals surface area contributed by atoms with Gasteiger partial charge in [-0.25, -0.2) is 4.98 Å². The maximum Gasteiger partial charge on any atom is 0.271 e. The van der Waals surface area contributed by atoms with Crippen LogP contribution in [0.4, 0.5) is 0 Å². The Bertz CT molecular complexity index is 2060. The fraction of sp³-hybridized carbons (Fsp3) is 0.179. The molecule has 1 amide bonds. The van der Waals surface area contributed by atoms with Gasteiger partial charge in [-0.3, -0.25) is 9.78 Å². The van der Waals surface area contributed by atoms with Gasteiger partial charge in [-0.15, -0.1) is 0 Å². The molecule has 1 saturated heterocycles. The van der Waals surface area contributed by atoms with Gasteiger partial charge in [0.1, 0.15) is 5.69 Å². The van der Waals surface area contributed by atoms with E-state index in [-0.39, 0.29) is 30.4 Å². The molecule has 7 rings (SSSR count). The zero-order valence-corrected chi connectivity index (χ0v) is 27.3. The lowest BCUT2D eigenvalue weighted by Crippen LogP contribution is -2.32. The first-order valence-corrected chi connectivity index (χ1v) is 17.0. The fourth-order valence-corrected chi connectivity index (χ4v) is 6.69. The number of aliphatic hydroxyl groups excluding tert-OH is 1. The highest BCUT2D eigenvalue weighted by atomic mass is 32.2. The summed E-state index contributed by atoms with van der Waals surface area (Å²) in [6.07, 6.45) is 2.62. The van der Waals surface area contributed by atoms with Crippen LogP contribution in [0.5, 0.6) is 0 Å². The molecule has 0 aliphatic carbocycles. The van der Waals surface area contributed by atoms with Crippen molar-refractivity contribution in [2.45, 2.75) is 43.1 Å². The summed E-state index contributed by atoms with van der Waals surface area (Å²) >= 11 is 1.46. The number of ether oxygens (including phenoxy) is 2. The molecule has 3 atom stereocenters. The maximum atomic E-state index is 12.8. The van der Waals surface area contributed by atoms with E-state index in [0.29, 0.717) is 29.3 Å². The Kier molecular flexibility index (Phi) is 9.90. The third kappa shape index (κ3) is 7.79. The van der Waals surface area contributed by atoms with E-state index in [1.54, 1.807) is 12.1 Å². The predicted octanol–water partition coefficient (Wildman–Crippen LogP) is 6.69. The topological polar surface area (TPSA) is 121 Å². The average Bonchev–Trinajstić information content (AvgIpc) is 3.16. The maximum absolute atomic E-state index is 12.8. The molecule has 49 heavy (non-hydrogen) atoms. The number of aromatic nitrogens is 3. The standard InChI is InChI=1S/C39H34N4O5S/c44-24-26-11-13-29(14-12-26)36-21-32(25-49-37-10-3-4-19-43(37)46)47-39(48-36)30-17-15-28(16-18-30)31-7-5-6-27(20-31)22-41-38(45)35-23-40-33-8-1-2-9-34(33)42-35/h1-20,23,32,36,39,44H,21-22,24-25H2,(H,41,45). The summed E-state index contributed by atoms with van der Waals surface area (Å²) in [5, 5.41) is 25.3. The molecule has 2 aromatic heterocycles. The molecule has 9 nitrogen and oxygen atoms in total. The number of pyridine rings is 1. The number of hydrogen-bond donors (Lipinski definition) is 2. The average molecular weight is 671 g/mol. The van der Waals surface area contributed by atoms with Gasteiger partial charge in [-0.1, -0.05) is 90.6 Å². The second kappa shape index (κ2) is 15.0. The molecule has 0 bridgehead atoms. The second-order valence-corrected chi connectivity index (χ2v) is 12.8. The first-order valence-electron chi connectivity index (χ1n) is 16.0. The number of hydrogen-bond acceptors (Lipinski definition) is 8. The normalized spacial score (nSPS) is 17.5. The first kappa shape index (κ1) is 32.4. The number of fused-ring (bicyclic) bond motifs is 1. The van der Waals surface area contributed by atoms with Gasteiger partial charge in [0.2, 0.25) is 0 Å². The number of nitrogens with zero attached hydrogens (tertiary/aromatic N) is 3. The van der Waals surface area contributed by atoms with Crippen LogP contribution in [0.15, 0.2) is 133 Å². The number of para-hydroxylation sites is 2. The van der Waals surface area contributed by atoms with Gasteiger partial charge in [0.25, 0.3) is 10.9 Å². The summed E-state index contributed by atoms with van der Waals surface area (Å²) in [7, 11) is 0. The minimum Gasteiger partial charge on any atom is -0.618 e. The van der Waals surface area contributed by atoms with E-state index in [0.717, 1.165) is 43.6 Å². The van der Waals surface area contributed by atoms with Crippen molar-refractivity contribution in [2.75, 3.05) is 5.75 Å². The first-order chi connectivity index (χ1) is 24.0. The largest absolute Gasteiger partial charge is 0.618 e. The van der Waals surface area contributed by atoms with Crippen molar-refractivity contribution >= 4 is 28.7 Å². The SMILES string of the molecule is O=C(NCc1cccc(-c2ccc(C3OC(CSc4cccc[n+]4[O-])CC(c4ccc(CO)cc4)O3)cc2)c1)c1cnc2ccccc2n1. The molecule has 0 radical (unpaired) electrons. The van der Waals surface area contributed by atoms with Gasteiger partial charge >= 0.3 is 0 Å². The van der Waals surface area contributed by atoms with Crippen LogP contribution in [-0.2, 0) is 22.6 Å². The van der Waals surface area contributed by atoms with Crippen LogP contribution in [0, 0.1) is 5.21 Å². The van der Waals surface area contributed by atoms with E-state index in [4.69, 9.17) is 9.47 Å². The van der Waals surface area contributed by atoms with Crippen LogP contribution in [0.25, 0.3) is 22.2 Å². The summed E-state index contributed by atoms with van der Waals surface area (Å²) in [4.78, 5) is 21.6. The molecular formula is C39H34N4O5S. The van der Waals surface area contributed by atoms with E-state index in [9.17, 15) is 15.1 Å². The highest BCUT2D eigenvalue weighted by molar-refractivity contribution is 7.99. The molecule has 3 heterocycles. The van der Waals surface area contributed by atoms with Crippen LogP contribution in [0.1, 0.15) is 51.6 Å². The summed E-state index contributed by atoms with van der Waals surface area (Å²) < 4.78 is 13.8. The molecule has 0 spiro atoms. The molecule has 246 valence electrons. The Balaban J connectivity index is 1.04. The van der Waals surface area contributed by atoms with Gasteiger partial charge in [0, 0.05) is 36.4 Å². The van der Waals surface area contributed by atoms with Crippen molar-refractivity contribution in [2.24, 2.45) is 0 Å². The summed E-state index contributed by atoms with van der Waals surface area (Å²) in [5.74, 6) is 0.308. The lowest BCUT2D eigenvalue weighted by molar-refractivity contribution is -0.645. The molecule has 1 fully saturated rings.